The Bertz CT molecular complexity index is 917. The van der Waals surface area contributed by atoms with E-state index in [9.17, 15) is 23.1 Å². The quantitative estimate of drug-likeness (QED) is 0.782. The molecule has 0 saturated carbocycles. The van der Waals surface area contributed by atoms with Crippen molar-refractivity contribution in [3.8, 4) is 5.75 Å². The van der Waals surface area contributed by atoms with Crippen LogP contribution >= 0.6 is 15.9 Å². The Morgan fingerprint density at radius 2 is 1.96 bits per heavy atom. The Labute approximate surface area is 161 Å². The average molecular weight is 443 g/mol. The van der Waals surface area contributed by atoms with Gasteiger partial charge in [0.05, 0.1) is 19.2 Å². The van der Waals surface area contributed by atoms with Gasteiger partial charge in [-0.05, 0) is 35.9 Å². The predicted octanol–water partition coefficient (Wildman–Crippen LogP) is 3.96. The molecule has 2 aromatic rings. The van der Waals surface area contributed by atoms with Crippen molar-refractivity contribution in [2.24, 2.45) is 5.10 Å². The fraction of sp³-hybridized carbons (Fsp3) is 0.222. The van der Waals surface area contributed by atoms with Crippen molar-refractivity contribution in [3.63, 3.8) is 0 Å². The molecule has 0 saturated heterocycles. The third kappa shape index (κ3) is 3.57. The summed E-state index contributed by atoms with van der Waals surface area (Å²) in [6, 6.07) is 12.1. The van der Waals surface area contributed by atoms with Gasteiger partial charge in [0.15, 0.2) is 0 Å². The number of amides is 1. The SMILES string of the molecule is COc1cccc(C(=O)N2N=C(c3cccc(Br)c3)C[C@@]2(O)C(F)(F)F)c1. The molecule has 3 rings (SSSR count). The van der Waals surface area contributed by atoms with E-state index in [0.717, 1.165) is 0 Å². The Balaban J connectivity index is 2.06. The first kappa shape index (κ1) is 19.4. The number of nitrogens with zero attached hydrogens (tertiary/aromatic N) is 2. The van der Waals surface area contributed by atoms with Gasteiger partial charge in [0.1, 0.15) is 5.75 Å². The number of methoxy groups -OCH3 is 1. The van der Waals surface area contributed by atoms with Gasteiger partial charge in [0.25, 0.3) is 11.6 Å². The molecule has 5 nitrogen and oxygen atoms in total. The summed E-state index contributed by atoms with van der Waals surface area (Å²) in [7, 11) is 1.37. The van der Waals surface area contributed by atoms with Crippen LogP contribution in [0.3, 0.4) is 0 Å². The Kier molecular flexibility index (Phi) is 5.00. The summed E-state index contributed by atoms with van der Waals surface area (Å²) >= 11 is 3.24. The fourth-order valence-corrected chi connectivity index (χ4v) is 3.09. The average Bonchev–Trinajstić information content (AvgIpc) is 3.00. The summed E-state index contributed by atoms with van der Waals surface area (Å²) < 4.78 is 46.5. The molecule has 0 bridgehead atoms. The van der Waals surface area contributed by atoms with E-state index in [1.807, 2.05) is 0 Å². The number of hydrogen-bond acceptors (Lipinski definition) is 4. The zero-order valence-corrected chi connectivity index (χ0v) is 15.6. The fourth-order valence-electron chi connectivity index (χ4n) is 2.69. The first-order chi connectivity index (χ1) is 12.7. The molecule has 142 valence electrons. The summed E-state index contributed by atoms with van der Waals surface area (Å²) in [5.74, 6) is -0.787. The smallest absolute Gasteiger partial charge is 0.438 e. The number of aliphatic hydroxyl groups is 1. The molecule has 0 radical (unpaired) electrons. The summed E-state index contributed by atoms with van der Waals surface area (Å²) in [5, 5.41) is 14.3. The summed E-state index contributed by atoms with van der Waals surface area (Å²) in [6.45, 7) is 0. The lowest BCUT2D eigenvalue weighted by molar-refractivity contribution is -0.297. The van der Waals surface area contributed by atoms with Gasteiger partial charge in [-0.1, -0.05) is 34.1 Å². The van der Waals surface area contributed by atoms with E-state index >= 15 is 0 Å². The predicted molar refractivity (Wildman–Crippen MR) is 95.5 cm³/mol. The number of halogens is 4. The molecule has 0 fully saturated rings. The minimum absolute atomic E-state index is 0.0487. The minimum Gasteiger partial charge on any atom is -0.497 e. The highest BCUT2D eigenvalue weighted by Gasteiger charge is 2.63. The van der Waals surface area contributed by atoms with Crippen LogP contribution in [0.5, 0.6) is 5.75 Å². The number of carbonyl (C=O) groups is 1. The van der Waals surface area contributed by atoms with Crippen molar-refractivity contribution in [1.82, 2.24) is 5.01 Å². The maximum Gasteiger partial charge on any atom is 0.438 e. The van der Waals surface area contributed by atoms with Gasteiger partial charge >= 0.3 is 6.18 Å². The number of carbonyl (C=O) groups excluding carboxylic acids is 1. The van der Waals surface area contributed by atoms with Crippen LogP contribution in [0.1, 0.15) is 22.3 Å². The molecule has 1 heterocycles. The molecule has 0 aliphatic carbocycles. The molecule has 0 spiro atoms. The van der Waals surface area contributed by atoms with Crippen LogP contribution in [0.25, 0.3) is 0 Å². The van der Waals surface area contributed by atoms with E-state index in [1.165, 1.54) is 25.3 Å². The zero-order chi connectivity index (χ0) is 19.8. The van der Waals surface area contributed by atoms with Crippen molar-refractivity contribution in [3.05, 3.63) is 64.1 Å². The number of alkyl halides is 3. The first-order valence-corrected chi connectivity index (χ1v) is 8.56. The van der Waals surface area contributed by atoms with E-state index in [1.54, 1.807) is 30.3 Å². The van der Waals surface area contributed by atoms with E-state index in [0.29, 0.717) is 15.8 Å². The molecular formula is C18H14BrF3N2O3. The van der Waals surface area contributed by atoms with Crippen molar-refractivity contribution >= 4 is 27.5 Å². The molecule has 1 amide bonds. The van der Waals surface area contributed by atoms with Gasteiger partial charge in [-0.2, -0.15) is 23.3 Å². The first-order valence-electron chi connectivity index (χ1n) is 7.77. The highest BCUT2D eigenvalue weighted by molar-refractivity contribution is 9.10. The molecule has 2 aromatic carbocycles. The lowest BCUT2D eigenvalue weighted by Crippen LogP contribution is -2.56. The topological polar surface area (TPSA) is 62.1 Å². The third-order valence-electron chi connectivity index (χ3n) is 4.11. The van der Waals surface area contributed by atoms with Crippen LogP contribution < -0.4 is 4.74 Å². The normalized spacial score (nSPS) is 19.8. The van der Waals surface area contributed by atoms with E-state index in [-0.39, 0.29) is 16.3 Å². The monoisotopic (exact) mass is 442 g/mol. The van der Waals surface area contributed by atoms with Crippen LogP contribution in [0.2, 0.25) is 0 Å². The van der Waals surface area contributed by atoms with Gasteiger partial charge in [-0.25, -0.2) is 0 Å². The Hall–Kier alpha value is -2.39. The largest absolute Gasteiger partial charge is 0.497 e. The van der Waals surface area contributed by atoms with Crippen LogP contribution in [-0.4, -0.2) is 40.7 Å². The van der Waals surface area contributed by atoms with Crippen LogP contribution in [0, 0.1) is 0 Å². The van der Waals surface area contributed by atoms with Crippen molar-refractivity contribution < 1.29 is 27.8 Å². The maximum absolute atomic E-state index is 13.6. The standard InChI is InChI=1S/C18H14BrF3N2O3/c1-27-14-7-3-5-12(9-14)16(25)24-17(26,18(20,21)22)10-15(23-24)11-4-2-6-13(19)8-11/h2-9,26H,10H2,1H3/t17-/m1/s1. The molecule has 1 aliphatic heterocycles. The summed E-state index contributed by atoms with van der Waals surface area (Å²) in [5.41, 5.74) is -3.21. The number of ether oxygens (including phenoxy) is 1. The number of hydrazone groups is 1. The lowest BCUT2D eigenvalue weighted by atomic mass is 10.0. The van der Waals surface area contributed by atoms with Crippen LogP contribution in [0.4, 0.5) is 13.2 Å². The molecule has 0 aromatic heterocycles. The van der Waals surface area contributed by atoms with Gasteiger partial charge in [0.2, 0.25) is 0 Å². The van der Waals surface area contributed by atoms with E-state index in [4.69, 9.17) is 4.74 Å². The molecule has 1 N–H and O–H groups in total. The molecular weight excluding hydrogens is 429 g/mol. The maximum atomic E-state index is 13.6. The highest BCUT2D eigenvalue weighted by Crippen LogP contribution is 2.42. The summed E-state index contributed by atoms with van der Waals surface area (Å²) in [4.78, 5) is 12.7. The second-order valence-corrected chi connectivity index (χ2v) is 6.81. The Morgan fingerprint density at radius 3 is 2.59 bits per heavy atom. The molecule has 1 atom stereocenters. The molecule has 9 heteroatoms. The van der Waals surface area contributed by atoms with Crippen molar-refractivity contribution in [2.75, 3.05) is 7.11 Å². The molecule has 1 aliphatic rings. The summed E-state index contributed by atoms with van der Waals surface area (Å²) in [6.07, 6.45) is -5.97. The van der Waals surface area contributed by atoms with E-state index in [2.05, 4.69) is 21.0 Å². The Morgan fingerprint density at radius 1 is 1.26 bits per heavy atom. The van der Waals surface area contributed by atoms with Gasteiger partial charge in [-0.15, -0.1) is 0 Å². The molecule has 27 heavy (non-hydrogen) atoms. The lowest BCUT2D eigenvalue weighted by Gasteiger charge is -2.32. The number of benzene rings is 2. The second-order valence-electron chi connectivity index (χ2n) is 5.90. The van der Waals surface area contributed by atoms with E-state index < -0.39 is 24.2 Å². The number of hydrogen-bond donors (Lipinski definition) is 1. The zero-order valence-electron chi connectivity index (χ0n) is 14.0. The van der Waals surface area contributed by atoms with Crippen molar-refractivity contribution in [2.45, 2.75) is 18.3 Å². The minimum atomic E-state index is -5.10. The van der Waals surface area contributed by atoms with Crippen LogP contribution in [0.15, 0.2) is 58.1 Å². The van der Waals surface area contributed by atoms with Crippen LogP contribution in [-0.2, 0) is 0 Å². The van der Waals surface area contributed by atoms with Crippen molar-refractivity contribution in [1.29, 1.82) is 0 Å². The second kappa shape index (κ2) is 6.97. The molecule has 0 unspecified atom stereocenters. The van der Waals surface area contributed by atoms with Gasteiger partial charge < -0.3 is 9.84 Å². The van der Waals surface area contributed by atoms with Gasteiger partial charge in [-0.3, -0.25) is 4.79 Å². The number of rotatable bonds is 3. The van der Waals surface area contributed by atoms with Gasteiger partial charge in [0, 0.05) is 10.0 Å². The highest BCUT2D eigenvalue weighted by atomic mass is 79.9. The third-order valence-corrected chi connectivity index (χ3v) is 4.60.